The van der Waals surface area contributed by atoms with E-state index in [1.807, 2.05) is 0 Å². The van der Waals surface area contributed by atoms with Gasteiger partial charge in [0, 0.05) is 32.7 Å². The SMILES string of the molecule is CN=C(NCCC(F)(F)F)NCc1ccc(C(=O)NC)cc1. The number of aliphatic imine (C=N–C) groups is 1. The number of hydrogen-bond donors (Lipinski definition) is 3. The molecule has 22 heavy (non-hydrogen) atoms. The van der Waals surface area contributed by atoms with E-state index in [2.05, 4.69) is 20.9 Å². The molecule has 0 saturated carbocycles. The predicted molar refractivity (Wildman–Crippen MR) is 78.7 cm³/mol. The zero-order valence-electron chi connectivity index (χ0n) is 12.4. The van der Waals surface area contributed by atoms with Crippen molar-refractivity contribution in [2.24, 2.45) is 4.99 Å². The Bertz CT molecular complexity index is 512. The van der Waals surface area contributed by atoms with Gasteiger partial charge in [-0.3, -0.25) is 9.79 Å². The van der Waals surface area contributed by atoms with Gasteiger partial charge in [0.2, 0.25) is 0 Å². The van der Waals surface area contributed by atoms with Crippen LogP contribution in [0.15, 0.2) is 29.3 Å². The number of alkyl halides is 3. The van der Waals surface area contributed by atoms with E-state index in [4.69, 9.17) is 0 Å². The molecule has 1 aromatic rings. The lowest BCUT2D eigenvalue weighted by Gasteiger charge is -2.13. The third-order valence-corrected chi connectivity index (χ3v) is 2.83. The molecular weight excluding hydrogens is 297 g/mol. The first-order chi connectivity index (χ1) is 10.4. The van der Waals surface area contributed by atoms with Gasteiger partial charge < -0.3 is 16.0 Å². The fraction of sp³-hybridized carbons (Fsp3) is 0.429. The molecule has 0 atom stereocenters. The maximum absolute atomic E-state index is 12.1. The van der Waals surface area contributed by atoms with Crippen molar-refractivity contribution < 1.29 is 18.0 Å². The fourth-order valence-corrected chi connectivity index (χ4v) is 1.65. The Morgan fingerprint density at radius 3 is 2.32 bits per heavy atom. The van der Waals surface area contributed by atoms with E-state index in [-0.39, 0.29) is 12.5 Å². The molecule has 0 spiro atoms. The van der Waals surface area contributed by atoms with Gasteiger partial charge in [0.15, 0.2) is 5.96 Å². The van der Waals surface area contributed by atoms with E-state index in [0.29, 0.717) is 18.1 Å². The molecule has 1 aromatic carbocycles. The van der Waals surface area contributed by atoms with E-state index >= 15 is 0 Å². The molecule has 5 nitrogen and oxygen atoms in total. The maximum Gasteiger partial charge on any atom is 0.390 e. The minimum Gasteiger partial charge on any atom is -0.356 e. The second-order valence-electron chi connectivity index (χ2n) is 4.49. The molecule has 0 bridgehead atoms. The summed E-state index contributed by atoms with van der Waals surface area (Å²) in [7, 11) is 3.03. The van der Waals surface area contributed by atoms with Gasteiger partial charge in [-0.05, 0) is 17.7 Å². The third kappa shape index (κ3) is 6.47. The van der Waals surface area contributed by atoms with Crippen molar-refractivity contribution in [1.29, 1.82) is 0 Å². The van der Waals surface area contributed by atoms with Crippen LogP contribution in [0.3, 0.4) is 0 Å². The number of carbonyl (C=O) groups is 1. The number of benzene rings is 1. The molecule has 8 heteroatoms. The zero-order valence-corrected chi connectivity index (χ0v) is 12.4. The standard InChI is InChI=1S/C14H19F3N4O/c1-18-12(22)11-5-3-10(4-6-11)9-21-13(19-2)20-8-7-14(15,16)17/h3-6H,7-9H2,1-2H3,(H,18,22)(H2,19,20,21). The Morgan fingerprint density at radius 2 is 1.82 bits per heavy atom. The van der Waals surface area contributed by atoms with Gasteiger partial charge in [-0.2, -0.15) is 13.2 Å². The lowest BCUT2D eigenvalue weighted by molar-refractivity contribution is -0.132. The van der Waals surface area contributed by atoms with Crippen molar-refractivity contribution in [3.63, 3.8) is 0 Å². The largest absolute Gasteiger partial charge is 0.390 e. The van der Waals surface area contributed by atoms with Crippen molar-refractivity contribution in [2.75, 3.05) is 20.6 Å². The molecule has 3 N–H and O–H groups in total. The normalized spacial score (nSPS) is 12.0. The molecule has 0 aromatic heterocycles. The Balaban J connectivity index is 2.45. The van der Waals surface area contributed by atoms with Crippen molar-refractivity contribution in [3.8, 4) is 0 Å². The number of halogens is 3. The molecule has 0 fully saturated rings. The molecule has 0 saturated heterocycles. The van der Waals surface area contributed by atoms with Gasteiger partial charge in [-0.15, -0.1) is 0 Å². The van der Waals surface area contributed by atoms with Gasteiger partial charge in [-0.25, -0.2) is 0 Å². The third-order valence-electron chi connectivity index (χ3n) is 2.83. The van der Waals surface area contributed by atoms with Crippen molar-refractivity contribution >= 4 is 11.9 Å². The summed E-state index contributed by atoms with van der Waals surface area (Å²) in [6.45, 7) is 0.151. The van der Waals surface area contributed by atoms with Crippen LogP contribution < -0.4 is 16.0 Å². The van der Waals surface area contributed by atoms with Gasteiger partial charge >= 0.3 is 6.18 Å². The molecule has 0 heterocycles. The second-order valence-corrected chi connectivity index (χ2v) is 4.49. The minimum atomic E-state index is -4.19. The first-order valence-electron chi connectivity index (χ1n) is 6.68. The smallest absolute Gasteiger partial charge is 0.356 e. The zero-order chi connectivity index (χ0) is 16.6. The number of hydrogen-bond acceptors (Lipinski definition) is 2. The molecule has 122 valence electrons. The summed E-state index contributed by atoms with van der Waals surface area (Å²) in [4.78, 5) is 15.2. The molecule has 0 aliphatic carbocycles. The number of nitrogens with zero attached hydrogens (tertiary/aromatic N) is 1. The molecule has 0 unspecified atom stereocenters. The Kier molecular flexibility index (Phi) is 6.68. The first-order valence-corrected chi connectivity index (χ1v) is 6.68. The summed E-state index contributed by atoms with van der Waals surface area (Å²) in [6, 6.07) is 6.88. The second kappa shape index (κ2) is 8.26. The lowest BCUT2D eigenvalue weighted by atomic mass is 10.1. The van der Waals surface area contributed by atoms with E-state index in [1.165, 1.54) is 7.05 Å². The quantitative estimate of drug-likeness (QED) is 0.572. The van der Waals surface area contributed by atoms with Crippen LogP contribution in [-0.2, 0) is 6.54 Å². The van der Waals surface area contributed by atoms with Gasteiger partial charge in [-0.1, -0.05) is 12.1 Å². The van der Waals surface area contributed by atoms with Crippen LogP contribution >= 0.6 is 0 Å². The van der Waals surface area contributed by atoms with Crippen LogP contribution in [0.1, 0.15) is 22.3 Å². The number of amides is 1. The van der Waals surface area contributed by atoms with Crippen LogP contribution in [0.25, 0.3) is 0 Å². The summed E-state index contributed by atoms with van der Waals surface area (Å²) in [5.74, 6) is 0.115. The van der Waals surface area contributed by atoms with E-state index in [0.717, 1.165) is 5.56 Å². The highest BCUT2D eigenvalue weighted by atomic mass is 19.4. The highest BCUT2D eigenvalue weighted by molar-refractivity contribution is 5.93. The fourth-order valence-electron chi connectivity index (χ4n) is 1.65. The summed E-state index contributed by atoms with van der Waals surface area (Å²) in [5.41, 5.74) is 1.42. The Labute approximate surface area is 127 Å². The summed E-state index contributed by atoms with van der Waals surface area (Å²) < 4.78 is 36.2. The first kappa shape index (κ1) is 17.8. The predicted octanol–water partition coefficient (Wildman–Crippen LogP) is 1.66. The van der Waals surface area contributed by atoms with Gasteiger partial charge in [0.05, 0.1) is 6.42 Å². The molecule has 1 amide bonds. The van der Waals surface area contributed by atoms with Gasteiger partial charge in [0.25, 0.3) is 5.91 Å². The molecule has 1 rings (SSSR count). The topological polar surface area (TPSA) is 65.5 Å². The van der Waals surface area contributed by atoms with Crippen molar-refractivity contribution in [2.45, 2.75) is 19.1 Å². The molecule has 0 aliphatic heterocycles. The highest BCUT2D eigenvalue weighted by Crippen LogP contribution is 2.18. The summed E-state index contributed by atoms with van der Waals surface area (Å²) >= 11 is 0. The van der Waals surface area contributed by atoms with Crippen molar-refractivity contribution in [3.05, 3.63) is 35.4 Å². The number of carbonyl (C=O) groups excluding carboxylic acids is 1. The van der Waals surface area contributed by atoms with Crippen molar-refractivity contribution in [1.82, 2.24) is 16.0 Å². The van der Waals surface area contributed by atoms with Crippen LogP contribution in [-0.4, -0.2) is 38.7 Å². The van der Waals surface area contributed by atoms with E-state index in [1.54, 1.807) is 31.3 Å². The van der Waals surface area contributed by atoms with Crippen LogP contribution in [0, 0.1) is 0 Å². The van der Waals surface area contributed by atoms with Crippen LogP contribution in [0.5, 0.6) is 0 Å². The summed E-state index contributed by atoms with van der Waals surface area (Å²) in [6.07, 6.45) is -5.12. The Hall–Kier alpha value is -2.25. The monoisotopic (exact) mass is 316 g/mol. The summed E-state index contributed by atoms with van der Waals surface area (Å²) in [5, 5.41) is 8.02. The van der Waals surface area contributed by atoms with Crippen LogP contribution in [0.4, 0.5) is 13.2 Å². The highest BCUT2D eigenvalue weighted by Gasteiger charge is 2.26. The average molecular weight is 316 g/mol. The van der Waals surface area contributed by atoms with E-state index < -0.39 is 12.6 Å². The average Bonchev–Trinajstić information content (AvgIpc) is 2.49. The van der Waals surface area contributed by atoms with Gasteiger partial charge in [0.1, 0.15) is 0 Å². The molecular formula is C14H19F3N4O. The maximum atomic E-state index is 12.1. The minimum absolute atomic E-state index is 0.177. The molecule has 0 aliphatic rings. The number of nitrogens with one attached hydrogen (secondary N) is 3. The van der Waals surface area contributed by atoms with E-state index in [9.17, 15) is 18.0 Å². The number of guanidine groups is 1. The Morgan fingerprint density at radius 1 is 1.18 bits per heavy atom. The van der Waals surface area contributed by atoms with Crippen LogP contribution in [0.2, 0.25) is 0 Å². The molecule has 0 radical (unpaired) electrons. The number of rotatable bonds is 5. The lowest BCUT2D eigenvalue weighted by Crippen LogP contribution is -2.38.